The predicted octanol–water partition coefficient (Wildman–Crippen LogP) is 1.04. The Hall–Kier alpha value is -1.59. The van der Waals surface area contributed by atoms with Gasteiger partial charge in [0.2, 0.25) is 0 Å². The molecule has 0 radical (unpaired) electrons. The van der Waals surface area contributed by atoms with E-state index in [0.29, 0.717) is 12.5 Å². The van der Waals surface area contributed by atoms with Gasteiger partial charge in [-0.3, -0.25) is 4.79 Å². The number of anilines is 1. The summed E-state index contributed by atoms with van der Waals surface area (Å²) in [5.74, 6) is 1.26. The number of hydrogen-bond acceptors (Lipinski definition) is 4. The van der Waals surface area contributed by atoms with Crippen molar-refractivity contribution in [1.29, 1.82) is 0 Å². The number of likely N-dealkylation sites (N-methyl/N-ethyl adjacent to an activating group) is 1. The summed E-state index contributed by atoms with van der Waals surface area (Å²) >= 11 is 0. The van der Waals surface area contributed by atoms with Crippen LogP contribution in [0.5, 0.6) is 5.75 Å². The smallest absolute Gasteiger partial charge is 0.265 e. The van der Waals surface area contributed by atoms with Gasteiger partial charge in [-0.25, -0.2) is 0 Å². The molecule has 0 bridgehead atoms. The number of para-hydroxylation sites is 2. The zero-order chi connectivity index (χ0) is 13.9. The van der Waals surface area contributed by atoms with Crippen molar-refractivity contribution >= 4 is 11.6 Å². The Balaban J connectivity index is 1.79. The Kier molecular flexibility index (Phi) is 3.89. The van der Waals surface area contributed by atoms with E-state index in [1.807, 2.05) is 36.2 Å². The molecule has 1 saturated heterocycles. The van der Waals surface area contributed by atoms with Crippen LogP contribution < -0.4 is 15.0 Å². The van der Waals surface area contributed by atoms with Crippen molar-refractivity contribution in [2.75, 3.05) is 38.3 Å². The van der Waals surface area contributed by atoms with Gasteiger partial charge in [-0.2, -0.15) is 0 Å². The van der Waals surface area contributed by atoms with Crippen LogP contribution in [0.1, 0.15) is 6.42 Å². The molecule has 2 unspecified atom stereocenters. The number of benzene rings is 1. The molecule has 1 fully saturated rings. The van der Waals surface area contributed by atoms with E-state index in [1.165, 1.54) is 0 Å². The number of hydrogen-bond donors (Lipinski definition) is 1. The Morgan fingerprint density at radius 2 is 2.30 bits per heavy atom. The van der Waals surface area contributed by atoms with Gasteiger partial charge in [0.1, 0.15) is 5.75 Å². The summed E-state index contributed by atoms with van der Waals surface area (Å²) in [7, 11) is 1.94. The molecular weight excluding hydrogens is 256 g/mol. The average Bonchev–Trinajstić information content (AvgIpc) is 3.00. The van der Waals surface area contributed by atoms with E-state index >= 15 is 0 Å². The third-order valence-electron chi connectivity index (χ3n) is 4.09. The molecule has 1 aromatic carbocycles. The van der Waals surface area contributed by atoms with Gasteiger partial charge in [0, 0.05) is 25.1 Å². The fraction of sp³-hybridized carbons (Fsp3) is 0.533. The fourth-order valence-corrected chi connectivity index (χ4v) is 2.90. The highest BCUT2D eigenvalue weighted by molar-refractivity contribution is 5.97. The maximum Gasteiger partial charge on any atom is 0.265 e. The minimum Gasteiger partial charge on any atom is -0.482 e. The largest absolute Gasteiger partial charge is 0.482 e. The van der Waals surface area contributed by atoms with Gasteiger partial charge in [0.15, 0.2) is 6.61 Å². The molecule has 2 aliphatic rings. The fourth-order valence-electron chi connectivity index (χ4n) is 2.90. The summed E-state index contributed by atoms with van der Waals surface area (Å²) in [6.07, 6.45) is 1.05. The van der Waals surface area contributed by atoms with Crippen LogP contribution in [0.25, 0.3) is 0 Å². The number of ether oxygens (including phenoxy) is 2. The van der Waals surface area contributed by atoms with E-state index in [4.69, 9.17) is 9.47 Å². The lowest BCUT2D eigenvalue weighted by Crippen LogP contribution is -2.49. The number of carbonyl (C=O) groups excluding carboxylic acids is 1. The molecule has 5 nitrogen and oxygen atoms in total. The van der Waals surface area contributed by atoms with Crippen molar-refractivity contribution in [1.82, 2.24) is 5.32 Å². The van der Waals surface area contributed by atoms with E-state index < -0.39 is 0 Å². The topological polar surface area (TPSA) is 50.8 Å². The van der Waals surface area contributed by atoms with Crippen molar-refractivity contribution in [3.8, 4) is 5.75 Å². The van der Waals surface area contributed by atoms with Gasteiger partial charge >= 0.3 is 0 Å². The molecule has 3 rings (SSSR count). The zero-order valence-corrected chi connectivity index (χ0v) is 11.7. The van der Waals surface area contributed by atoms with E-state index in [1.54, 1.807) is 0 Å². The van der Waals surface area contributed by atoms with Crippen LogP contribution in [0.4, 0.5) is 5.69 Å². The molecule has 0 saturated carbocycles. The Morgan fingerprint density at radius 3 is 3.05 bits per heavy atom. The molecule has 1 amide bonds. The molecule has 2 atom stereocenters. The second-order valence-corrected chi connectivity index (χ2v) is 5.28. The van der Waals surface area contributed by atoms with Crippen LogP contribution >= 0.6 is 0 Å². The van der Waals surface area contributed by atoms with Crippen LogP contribution in [0, 0.1) is 5.92 Å². The van der Waals surface area contributed by atoms with Crippen LogP contribution in [-0.4, -0.2) is 45.4 Å². The number of nitrogens with zero attached hydrogens (tertiary/aromatic N) is 1. The lowest BCUT2D eigenvalue weighted by atomic mass is 9.98. The quantitative estimate of drug-likeness (QED) is 0.892. The standard InChI is InChI=1S/C15H20N2O3/c1-16-12(11-6-7-19-9-11)8-17-13-4-2-3-5-14(13)20-10-15(17)18/h2-5,11-12,16H,6-10H2,1H3. The minimum atomic E-state index is 0.0165. The first-order chi connectivity index (χ1) is 9.79. The minimum absolute atomic E-state index is 0.0165. The number of rotatable bonds is 4. The molecule has 1 aromatic rings. The molecule has 5 heteroatoms. The predicted molar refractivity (Wildman–Crippen MR) is 76.1 cm³/mol. The summed E-state index contributed by atoms with van der Waals surface area (Å²) in [4.78, 5) is 14.0. The summed E-state index contributed by atoms with van der Waals surface area (Å²) in [5, 5.41) is 3.33. The molecule has 0 aliphatic carbocycles. The van der Waals surface area contributed by atoms with Crippen LogP contribution in [0.3, 0.4) is 0 Å². The molecular formula is C15H20N2O3. The van der Waals surface area contributed by atoms with Crippen LogP contribution in [-0.2, 0) is 9.53 Å². The summed E-state index contributed by atoms with van der Waals surface area (Å²) in [6.45, 7) is 2.36. The zero-order valence-electron chi connectivity index (χ0n) is 11.7. The first-order valence-corrected chi connectivity index (χ1v) is 7.07. The van der Waals surface area contributed by atoms with Crippen molar-refractivity contribution < 1.29 is 14.3 Å². The second kappa shape index (κ2) is 5.81. The number of nitrogens with one attached hydrogen (secondary N) is 1. The molecule has 108 valence electrons. The SMILES string of the molecule is CNC(CN1C(=O)COc2ccccc21)C1CCOC1. The highest BCUT2D eigenvalue weighted by atomic mass is 16.5. The van der Waals surface area contributed by atoms with Crippen LogP contribution in [0.2, 0.25) is 0 Å². The second-order valence-electron chi connectivity index (χ2n) is 5.28. The monoisotopic (exact) mass is 276 g/mol. The van der Waals surface area contributed by atoms with Crippen molar-refractivity contribution in [2.45, 2.75) is 12.5 Å². The summed E-state index contributed by atoms with van der Waals surface area (Å²) < 4.78 is 10.9. The number of carbonyl (C=O) groups is 1. The highest BCUT2D eigenvalue weighted by Crippen LogP contribution is 2.32. The summed E-state index contributed by atoms with van der Waals surface area (Å²) in [6, 6.07) is 7.94. The van der Waals surface area contributed by atoms with Gasteiger partial charge in [-0.05, 0) is 25.6 Å². The molecule has 20 heavy (non-hydrogen) atoms. The van der Waals surface area contributed by atoms with E-state index in [0.717, 1.165) is 31.1 Å². The Morgan fingerprint density at radius 1 is 1.45 bits per heavy atom. The maximum absolute atomic E-state index is 12.2. The van der Waals surface area contributed by atoms with Crippen LogP contribution in [0.15, 0.2) is 24.3 Å². The van der Waals surface area contributed by atoms with Gasteiger partial charge in [-0.1, -0.05) is 12.1 Å². The molecule has 2 aliphatic heterocycles. The highest BCUT2D eigenvalue weighted by Gasteiger charge is 2.31. The van der Waals surface area contributed by atoms with Crippen molar-refractivity contribution in [3.05, 3.63) is 24.3 Å². The number of amides is 1. The molecule has 2 heterocycles. The Labute approximate surface area is 118 Å². The lowest BCUT2D eigenvalue weighted by molar-refractivity contribution is -0.121. The van der Waals surface area contributed by atoms with Crippen molar-refractivity contribution in [2.24, 2.45) is 5.92 Å². The van der Waals surface area contributed by atoms with Gasteiger partial charge in [0.25, 0.3) is 5.91 Å². The van der Waals surface area contributed by atoms with Gasteiger partial charge in [0.05, 0.1) is 12.3 Å². The average molecular weight is 276 g/mol. The summed E-state index contributed by atoms with van der Waals surface area (Å²) in [5.41, 5.74) is 0.864. The third-order valence-corrected chi connectivity index (χ3v) is 4.09. The lowest BCUT2D eigenvalue weighted by Gasteiger charge is -2.33. The number of fused-ring (bicyclic) bond motifs is 1. The van der Waals surface area contributed by atoms with E-state index in [-0.39, 0.29) is 18.6 Å². The first-order valence-electron chi connectivity index (χ1n) is 7.07. The van der Waals surface area contributed by atoms with Gasteiger partial charge in [-0.15, -0.1) is 0 Å². The third kappa shape index (κ3) is 2.51. The Bertz CT molecular complexity index is 486. The first kappa shape index (κ1) is 13.4. The van der Waals surface area contributed by atoms with E-state index in [2.05, 4.69) is 5.32 Å². The van der Waals surface area contributed by atoms with E-state index in [9.17, 15) is 4.79 Å². The molecule has 0 aromatic heterocycles. The van der Waals surface area contributed by atoms with Crippen molar-refractivity contribution in [3.63, 3.8) is 0 Å². The van der Waals surface area contributed by atoms with Gasteiger partial charge < -0.3 is 19.7 Å². The normalized spacial score (nSPS) is 23.4. The molecule has 1 N–H and O–H groups in total. The maximum atomic E-state index is 12.2. The molecule has 0 spiro atoms.